The molecule has 1 fully saturated rings. The highest BCUT2D eigenvalue weighted by atomic mass is 32.2. The molecule has 1 aliphatic heterocycles. The lowest BCUT2D eigenvalue weighted by Gasteiger charge is -1.92. The van der Waals surface area contributed by atoms with Crippen molar-refractivity contribution >= 4 is 15.5 Å². The smallest absolute Gasteiger partial charge is 0.258 e. The van der Waals surface area contributed by atoms with Gasteiger partial charge in [-0.15, -0.1) is 0 Å². The first-order valence-electron chi connectivity index (χ1n) is 5.33. The summed E-state index contributed by atoms with van der Waals surface area (Å²) in [6.07, 6.45) is 1.75. The molecule has 0 amide bonds. The SMILES string of the molecule is Cc1ccccc1[N+](=O)[O-].O=S1(=O)CCCC1. The van der Waals surface area contributed by atoms with Gasteiger partial charge in [-0.2, -0.15) is 0 Å². The van der Waals surface area contributed by atoms with Crippen molar-refractivity contribution in [1.29, 1.82) is 0 Å². The van der Waals surface area contributed by atoms with Crippen molar-refractivity contribution in [2.24, 2.45) is 0 Å². The molecule has 0 aromatic heterocycles. The topological polar surface area (TPSA) is 77.3 Å². The Morgan fingerprint density at radius 1 is 1.18 bits per heavy atom. The number of aryl methyl sites for hydroxylation is 1. The van der Waals surface area contributed by atoms with E-state index in [1.165, 1.54) is 6.07 Å². The first kappa shape index (κ1) is 13.6. The van der Waals surface area contributed by atoms with Crippen molar-refractivity contribution in [1.82, 2.24) is 0 Å². The van der Waals surface area contributed by atoms with Gasteiger partial charge in [-0.05, 0) is 19.8 Å². The standard InChI is InChI=1S/C7H7NO2.C4H8O2S/c1-6-4-2-3-5-7(6)8(9)10;5-7(6)3-1-2-4-7/h2-5H,1H3;1-4H2. The Balaban J connectivity index is 0.000000181. The Morgan fingerprint density at radius 2 is 1.71 bits per heavy atom. The van der Waals surface area contributed by atoms with Crippen molar-refractivity contribution in [3.05, 3.63) is 39.9 Å². The van der Waals surface area contributed by atoms with Crippen LogP contribution in [0.1, 0.15) is 18.4 Å². The molecule has 0 aliphatic carbocycles. The van der Waals surface area contributed by atoms with Crippen molar-refractivity contribution in [2.75, 3.05) is 11.5 Å². The fourth-order valence-electron chi connectivity index (χ4n) is 1.51. The molecule has 1 saturated heterocycles. The number of nitro benzene ring substituents is 1. The van der Waals surface area contributed by atoms with Crippen LogP contribution in [0, 0.1) is 17.0 Å². The van der Waals surface area contributed by atoms with Crippen LogP contribution >= 0.6 is 0 Å². The zero-order valence-electron chi connectivity index (χ0n) is 9.63. The number of para-hydroxylation sites is 1. The van der Waals surface area contributed by atoms with Gasteiger partial charge in [-0.25, -0.2) is 8.42 Å². The van der Waals surface area contributed by atoms with E-state index >= 15 is 0 Å². The summed E-state index contributed by atoms with van der Waals surface area (Å²) < 4.78 is 20.9. The van der Waals surface area contributed by atoms with Gasteiger partial charge in [0.15, 0.2) is 0 Å². The van der Waals surface area contributed by atoms with Gasteiger partial charge in [-0.3, -0.25) is 10.1 Å². The molecule has 1 heterocycles. The second kappa shape index (κ2) is 5.77. The second-order valence-electron chi connectivity index (χ2n) is 3.90. The van der Waals surface area contributed by atoms with E-state index in [1.54, 1.807) is 25.1 Å². The van der Waals surface area contributed by atoms with E-state index in [0.29, 0.717) is 17.1 Å². The molecule has 0 saturated carbocycles. The predicted molar refractivity (Wildman–Crippen MR) is 65.7 cm³/mol. The zero-order chi connectivity index (χ0) is 12.9. The molecule has 17 heavy (non-hydrogen) atoms. The summed E-state index contributed by atoms with van der Waals surface area (Å²) in [7, 11) is -2.55. The molecule has 0 unspecified atom stereocenters. The van der Waals surface area contributed by atoms with Crippen LogP contribution in [-0.4, -0.2) is 24.8 Å². The van der Waals surface area contributed by atoms with Gasteiger partial charge in [0, 0.05) is 11.6 Å². The molecule has 5 nitrogen and oxygen atoms in total. The number of sulfone groups is 1. The van der Waals surface area contributed by atoms with Gasteiger partial charge in [0.05, 0.1) is 16.4 Å². The normalized spacial score (nSPS) is 17.0. The van der Waals surface area contributed by atoms with Crippen molar-refractivity contribution in [2.45, 2.75) is 19.8 Å². The minimum absolute atomic E-state index is 0.183. The van der Waals surface area contributed by atoms with E-state index in [2.05, 4.69) is 0 Å². The first-order valence-corrected chi connectivity index (χ1v) is 7.15. The molecular formula is C11H15NO4S. The third-order valence-corrected chi connectivity index (χ3v) is 4.29. The summed E-state index contributed by atoms with van der Waals surface area (Å²) >= 11 is 0. The van der Waals surface area contributed by atoms with E-state index in [1.807, 2.05) is 0 Å². The highest BCUT2D eigenvalue weighted by Crippen LogP contribution is 2.14. The molecule has 0 spiro atoms. The van der Waals surface area contributed by atoms with E-state index in [4.69, 9.17) is 0 Å². The van der Waals surface area contributed by atoms with Gasteiger partial charge in [0.2, 0.25) is 0 Å². The molecule has 0 bridgehead atoms. The molecule has 6 heteroatoms. The third kappa shape index (κ3) is 4.52. The van der Waals surface area contributed by atoms with E-state index in [0.717, 1.165) is 12.8 Å². The zero-order valence-corrected chi connectivity index (χ0v) is 10.4. The van der Waals surface area contributed by atoms with Crippen LogP contribution in [0.5, 0.6) is 0 Å². The fraction of sp³-hybridized carbons (Fsp3) is 0.455. The molecule has 0 radical (unpaired) electrons. The number of benzene rings is 1. The van der Waals surface area contributed by atoms with Crippen LogP contribution in [-0.2, 0) is 9.84 Å². The van der Waals surface area contributed by atoms with E-state index < -0.39 is 9.84 Å². The maximum atomic E-state index is 10.4. The fourth-order valence-corrected chi connectivity index (χ4v) is 3.01. The Hall–Kier alpha value is -1.43. The van der Waals surface area contributed by atoms with Gasteiger partial charge in [0.1, 0.15) is 9.84 Å². The van der Waals surface area contributed by atoms with E-state index in [-0.39, 0.29) is 10.6 Å². The van der Waals surface area contributed by atoms with Crippen molar-refractivity contribution in [3.63, 3.8) is 0 Å². The second-order valence-corrected chi connectivity index (χ2v) is 6.21. The monoisotopic (exact) mass is 257 g/mol. The molecule has 2 rings (SSSR count). The largest absolute Gasteiger partial charge is 0.272 e. The maximum Gasteiger partial charge on any atom is 0.272 e. The minimum atomic E-state index is -2.55. The Bertz CT molecular complexity index is 484. The summed E-state index contributed by atoms with van der Waals surface area (Å²) in [5.74, 6) is 0.847. The van der Waals surface area contributed by atoms with E-state index in [9.17, 15) is 18.5 Å². The summed E-state index contributed by atoms with van der Waals surface area (Å²) in [6.45, 7) is 1.72. The lowest BCUT2D eigenvalue weighted by Crippen LogP contribution is -1.98. The minimum Gasteiger partial charge on any atom is -0.258 e. The van der Waals surface area contributed by atoms with Crippen LogP contribution in [0.15, 0.2) is 24.3 Å². The van der Waals surface area contributed by atoms with Crippen LogP contribution in [0.4, 0.5) is 5.69 Å². The molecule has 1 aromatic rings. The molecule has 0 atom stereocenters. The number of hydrogen-bond acceptors (Lipinski definition) is 4. The quantitative estimate of drug-likeness (QED) is 0.570. The maximum absolute atomic E-state index is 10.4. The average Bonchev–Trinajstić information content (AvgIpc) is 2.64. The Labute approximate surface area is 101 Å². The molecule has 0 N–H and O–H groups in total. The summed E-state index contributed by atoms with van der Waals surface area (Å²) in [6, 6.07) is 6.65. The highest BCUT2D eigenvalue weighted by molar-refractivity contribution is 7.91. The number of hydrogen-bond donors (Lipinski definition) is 0. The number of nitro groups is 1. The van der Waals surface area contributed by atoms with Crippen LogP contribution in [0.2, 0.25) is 0 Å². The lowest BCUT2D eigenvalue weighted by atomic mass is 10.2. The molecular weight excluding hydrogens is 242 g/mol. The Kier molecular flexibility index (Phi) is 4.62. The predicted octanol–water partition coefficient (Wildman–Crippen LogP) is 2.10. The van der Waals surface area contributed by atoms with Crippen molar-refractivity contribution < 1.29 is 13.3 Å². The first-order chi connectivity index (χ1) is 7.92. The van der Waals surface area contributed by atoms with Gasteiger partial charge >= 0.3 is 0 Å². The van der Waals surface area contributed by atoms with Crippen molar-refractivity contribution in [3.8, 4) is 0 Å². The summed E-state index contributed by atoms with van der Waals surface area (Å²) in [5, 5.41) is 10.2. The Morgan fingerprint density at radius 3 is 2.00 bits per heavy atom. The summed E-state index contributed by atoms with van der Waals surface area (Å²) in [5.41, 5.74) is 0.884. The third-order valence-electron chi connectivity index (χ3n) is 2.47. The van der Waals surface area contributed by atoms with Crippen LogP contribution in [0.3, 0.4) is 0 Å². The molecule has 1 aliphatic rings. The van der Waals surface area contributed by atoms with Gasteiger partial charge in [-0.1, -0.05) is 18.2 Å². The number of rotatable bonds is 1. The van der Waals surface area contributed by atoms with Crippen LogP contribution in [0.25, 0.3) is 0 Å². The number of nitrogens with zero attached hydrogens (tertiary/aromatic N) is 1. The summed E-state index contributed by atoms with van der Waals surface area (Å²) in [4.78, 5) is 9.85. The molecule has 1 aromatic carbocycles. The van der Waals surface area contributed by atoms with Gasteiger partial charge < -0.3 is 0 Å². The average molecular weight is 257 g/mol. The highest BCUT2D eigenvalue weighted by Gasteiger charge is 2.16. The van der Waals surface area contributed by atoms with Gasteiger partial charge in [0.25, 0.3) is 5.69 Å². The van der Waals surface area contributed by atoms with Crippen LogP contribution < -0.4 is 0 Å². The molecule has 94 valence electrons. The lowest BCUT2D eigenvalue weighted by molar-refractivity contribution is -0.385.